The first-order valence-corrected chi connectivity index (χ1v) is 8.49. The van der Waals surface area contributed by atoms with Crippen molar-refractivity contribution in [2.75, 3.05) is 32.1 Å². The van der Waals surface area contributed by atoms with Crippen LogP contribution in [0.25, 0.3) is 0 Å². The Morgan fingerprint density at radius 2 is 2.21 bits per heavy atom. The second kappa shape index (κ2) is 6.19. The van der Waals surface area contributed by atoms with Crippen molar-refractivity contribution >= 4 is 15.9 Å². The van der Waals surface area contributed by atoms with Crippen molar-refractivity contribution in [3.05, 3.63) is 0 Å². The lowest BCUT2D eigenvalue weighted by Gasteiger charge is -2.40. The zero-order valence-corrected chi connectivity index (χ0v) is 12.1. The summed E-state index contributed by atoms with van der Waals surface area (Å²) in [6.45, 7) is 3.66. The van der Waals surface area contributed by atoms with Crippen LogP contribution in [-0.2, 0) is 19.6 Å². The van der Waals surface area contributed by atoms with Crippen molar-refractivity contribution in [1.82, 2.24) is 9.62 Å². The van der Waals surface area contributed by atoms with E-state index in [1.54, 1.807) is 4.31 Å². The number of nitrogens with zero attached hydrogens (tertiary/aromatic N) is 1. The molecule has 2 atom stereocenters. The molecular formula is C12H22N2O4S. The van der Waals surface area contributed by atoms with Crippen molar-refractivity contribution in [3.8, 4) is 0 Å². The third-order valence-electron chi connectivity index (χ3n) is 3.87. The molecule has 0 spiro atoms. The standard InChI is InChI=1S/C12H22N2O4S/c1-2-18-7-8-19(16,17)14-6-5-11-10(9-14)3-4-12(15)13-11/h10-11H,2-9H2,1H3,(H,13,15). The Bertz CT molecular complexity index is 423. The molecule has 0 aromatic rings. The molecule has 2 unspecified atom stereocenters. The molecule has 0 aromatic carbocycles. The topological polar surface area (TPSA) is 75.7 Å². The summed E-state index contributed by atoms with van der Waals surface area (Å²) >= 11 is 0. The van der Waals surface area contributed by atoms with Crippen molar-refractivity contribution in [2.45, 2.75) is 32.2 Å². The molecule has 1 N–H and O–H groups in total. The van der Waals surface area contributed by atoms with Crippen LogP contribution in [0.3, 0.4) is 0 Å². The largest absolute Gasteiger partial charge is 0.381 e. The Balaban J connectivity index is 1.91. The van der Waals surface area contributed by atoms with Gasteiger partial charge in [-0.15, -0.1) is 0 Å². The highest BCUT2D eigenvalue weighted by atomic mass is 32.2. The number of hydrogen-bond acceptors (Lipinski definition) is 4. The number of fused-ring (bicyclic) bond motifs is 1. The average Bonchev–Trinajstić information content (AvgIpc) is 2.38. The zero-order chi connectivity index (χ0) is 13.9. The Hall–Kier alpha value is -0.660. The molecule has 0 aromatic heterocycles. The fourth-order valence-corrected chi connectivity index (χ4v) is 4.16. The molecule has 19 heavy (non-hydrogen) atoms. The van der Waals surface area contributed by atoms with Crippen LogP contribution in [0.4, 0.5) is 0 Å². The Morgan fingerprint density at radius 1 is 1.42 bits per heavy atom. The molecular weight excluding hydrogens is 268 g/mol. The number of piperidine rings is 2. The normalized spacial score (nSPS) is 28.8. The van der Waals surface area contributed by atoms with Crippen LogP contribution < -0.4 is 5.32 Å². The number of sulfonamides is 1. The number of ether oxygens (including phenoxy) is 1. The van der Waals surface area contributed by atoms with E-state index < -0.39 is 10.0 Å². The minimum Gasteiger partial charge on any atom is -0.381 e. The average molecular weight is 290 g/mol. The van der Waals surface area contributed by atoms with Gasteiger partial charge >= 0.3 is 0 Å². The first-order valence-electron chi connectivity index (χ1n) is 6.88. The quantitative estimate of drug-likeness (QED) is 0.721. The zero-order valence-electron chi connectivity index (χ0n) is 11.3. The third kappa shape index (κ3) is 3.67. The lowest BCUT2D eigenvalue weighted by Crippen LogP contribution is -2.55. The van der Waals surface area contributed by atoms with Gasteiger partial charge in [0.2, 0.25) is 15.9 Å². The lowest BCUT2D eigenvalue weighted by molar-refractivity contribution is -0.124. The molecule has 2 saturated heterocycles. The Kier molecular flexibility index (Phi) is 4.81. The van der Waals surface area contributed by atoms with Crippen LogP contribution in [0.2, 0.25) is 0 Å². The van der Waals surface area contributed by atoms with Gasteiger partial charge in [0, 0.05) is 32.2 Å². The highest BCUT2D eigenvalue weighted by Crippen LogP contribution is 2.26. The molecule has 7 heteroatoms. The monoisotopic (exact) mass is 290 g/mol. The predicted octanol–water partition coefficient (Wildman–Crippen LogP) is -0.0468. The van der Waals surface area contributed by atoms with Gasteiger partial charge in [0.15, 0.2) is 0 Å². The fraction of sp³-hybridized carbons (Fsp3) is 0.917. The molecule has 0 aliphatic carbocycles. The first kappa shape index (κ1) is 14.7. The molecule has 2 heterocycles. The molecule has 2 fully saturated rings. The van der Waals surface area contributed by atoms with Gasteiger partial charge in [0.25, 0.3) is 0 Å². The van der Waals surface area contributed by atoms with E-state index in [2.05, 4.69) is 5.32 Å². The van der Waals surface area contributed by atoms with Crippen LogP contribution in [-0.4, -0.2) is 56.7 Å². The summed E-state index contributed by atoms with van der Waals surface area (Å²) in [6, 6.07) is 0.152. The fourth-order valence-electron chi connectivity index (χ4n) is 2.77. The number of nitrogens with one attached hydrogen (secondary N) is 1. The number of carbonyl (C=O) groups is 1. The smallest absolute Gasteiger partial charge is 0.220 e. The van der Waals surface area contributed by atoms with Gasteiger partial charge in [0.05, 0.1) is 12.4 Å². The molecule has 2 aliphatic rings. The van der Waals surface area contributed by atoms with Crippen molar-refractivity contribution < 1.29 is 17.9 Å². The van der Waals surface area contributed by atoms with Crippen LogP contribution in [0.15, 0.2) is 0 Å². The minimum atomic E-state index is -3.22. The number of amides is 1. The minimum absolute atomic E-state index is 0.0462. The van der Waals surface area contributed by atoms with Crippen LogP contribution in [0, 0.1) is 5.92 Å². The molecule has 2 rings (SSSR count). The maximum atomic E-state index is 12.2. The third-order valence-corrected chi connectivity index (χ3v) is 5.67. The molecule has 2 aliphatic heterocycles. The van der Waals surface area contributed by atoms with Crippen molar-refractivity contribution in [2.24, 2.45) is 5.92 Å². The van der Waals surface area contributed by atoms with Crippen molar-refractivity contribution in [3.63, 3.8) is 0 Å². The van der Waals surface area contributed by atoms with Gasteiger partial charge in [-0.25, -0.2) is 12.7 Å². The van der Waals surface area contributed by atoms with Gasteiger partial charge in [-0.3, -0.25) is 4.79 Å². The molecule has 1 amide bonds. The van der Waals surface area contributed by atoms with E-state index in [0.29, 0.717) is 32.5 Å². The van der Waals surface area contributed by atoms with Gasteiger partial charge in [0.1, 0.15) is 0 Å². The van der Waals surface area contributed by atoms with E-state index in [4.69, 9.17) is 4.74 Å². The van der Waals surface area contributed by atoms with Crippen LogP contribution in [0.1, 0.15) is 26.2 Å². The predicted molar refractivity (Wildman–Crippen MR) is 71.1 cm³/mol. The molecule has 0 radical (unpaired) electrons. The Labute approximate surface area is 114 Å². The summed E-state index contributed by atoms with van der Waals surface area (Å²) < 4.78 is 31.0. The Morgan fingerprint density at radius 3 is 2.95 bits per heavy atom. The molecule has 110 valence electrons. The number of hydrogen-bond donors (Lipinski definition) is 1. The van der Waals surface area contributed by atoms with E-state index in [0.717, 1.165) is 6.42 Å². The second-order valence-electron chi connectivity index (χ2n) is 5.13. The SMILES string of the molecule is CCOCCS(=O)(=O)N1CCC2NC(=O)CCC2C1. The van der Waals surface area contributed by atoms with E-state index in [-0.39, 0.29) is 30.2 Å². The molecule has 0 bridgehead atoms. The maximum Gasteiger partial charge on any atom is 0.220 e. The number of carbonyl (C=O) groups excluding carboxylic acids is 1. The summed E-state index contributed by atoms with van der Waals surface area (Å²) in [5.41, 5.74) is 0. The summed E-state index contributed by atoms with van der Waals surface area (Å²) in [7, 11) is -3.22. The van der Waals surface area contributed by atoms with E-state index in [1.807, 2.05) is 6.92 Å². The van der Waals surface area contributed by atoms with Crippen LogP contribution >= 0.6 is 0 Å². The van der Waals surface area contributed by atoms with Crippen LogP contribution in [0.5, 0.6) is 0 Å². The summed E-state index contributed by atoms with van der Waals surface area (Å²) in [6.07, 6.45) is 2.01. The van der Waals surface area contributed by atoms with Gasteiger partial charge in [-0.1, -0.05) is 0 Å². The molecule has 6 nitrogen and oxygen atoms in total. The lowest BCUT2D eigenvalue weighted by atomic mass is 9.86. The maximum absolute atomic E-state index is 12.2. The highest BCUT2D eigenvalue weighted by molar-refractivity contribution is 7.89. The summed E-state index contributed by atoms with van der Waals surface area (Å²) in [5.74, 6) is 0.395. The summed E-state index contributed by atoms with van der Waals surface area (Å²) in [4.78, 5) is 11.3. The number of rotatable bonds is 5. The summed E-state index contributed by atoms with van der Waals surface area (Å²) in [5, 5.41) is 2.96. The first-order chi connectivity index (χ1) is 9.03. The van der Waals surface area contributed by atoms with E-state index in [9.17, 15) is 13.2 Å². The molecule has 0 saturated carbocycles. The van der Waals surface area contributed by atoms with Gasteiger partial charge in [-0.2, -0.15) is 0 Å². The van der Waals surface area contributed by atoms with E-state index in [1.165, 1.54) is 0 Å². The highest BCUT2D eigenvalue weighted by Gasteiger charge is 2.37. The van der Waals surface area contributed by atoms with E-state index >= 15 is 0 Å². The van der Waals surface area contributed by atoms with Gasteiger partial charge in [-0.05, 0) is 25.7 Å². The second-order valence-corrected chi connectivity index (χ2v) is 7.22. The van der Waals surface area contributed by atoms with Crippen molar-refractivity contribution in [1.29, 1.82) is 0 Å². The van der Waals surface area contributed by atoms with Gasteiger partial charge < -0.3 is 10.1 Å².